The van der Waals surface area contributed by atoms with Crippen LogP contribution in [0.1, 0.15) is 16.7 Å². The Morgan fingerprint density at radius 1 is 1.29 bits per heavy atom. The number of rotatable bonds is 4. The van der Waals surface area contributed by atoms with Crippen LogP contribution < -0.4 is 0 Å². The van der Waals surface area contributed by atoms with Crippen LogP contribution in [0, 0.1) is 0 Å². The SMILES string of the molecule is CCOC(=O)c1nnc(Sc2ncnc3ccccc23)s1. The lowest BCUT2D eigenvalue weighted by Gasteiger charge is -2.01. The quantitative estimate of drug-likeness (QED) is 0.540. The minimum absolute atomic E-state index is 0.248. The van der Waals surface area contributed by atoms with Gasteiger partial charge in [0.25, 0.3) is 0 Å². The molecule has 0 spiro atoms. The molecule has 0 bridgehead atoms. The fraction of sp³-hybridized carbons (Fsp3) is 0.154. The van der Waals surface area contributed by atoms with Gasteiger partial charge in [0.1, 0.15) is 11.4 Å². The zero-order chi connectivity index (χ0) is 14.7. The van der Waals surface area contributed by atoms with Crippen LogP contribution in [-0.4, -0.2) is 32.7 Å². The van der Waals surface area contributed by atoms with E-state index < -0.39 is 5.97 Å². The molecule has 8 heteroatoms. The first-order valence-corrected chi connectivity index (χ1v) is 7.79. The highest BCUT2D eigenvalue weighted by Gasteiger charge is 2.15. The molecule has 3 rings (SSSR count). The molecule has 0 saturated heterocycles. The molecular weight excluding hydrogens is 308 g/mol. The van der Waals surface area contributed by atoms with E-state index in [9.17, 15) is 4.79 Å². The molecule has 6 nitrogen and oxygen atoms in total. The zero-order valence-corrected chi connectivity index (χ0v) is 12.6. The highest BCUT2D eigenvalue weighted by atomic mass is 32.2. The number of fused-ring (bicyclic) bond motifs is 1. The van der Waals surface area contributed by atoms with Crippen LogP contribution in [0.4, 0.5) is 0 Å². The van der Waals surface area contributed by atoms with Crippen molar-refractivity contribution < 1.29 is 9.53 Å². The van der Waals surface area contributed by atoms with Crippen molar-refractivity contribution in [2.45, 2.75) is 16.3 Å². The van der Waals surface area contributed by atoms with Gasteiger partial charge in [0.15, 0.2) is 4.34 Å². The number of hydrogen-bond acceptors (Lipinski definition) is 8. The molecule has 0 aliphatic heterocycles. The van der Waals surface area contributed by atoms with Crippen molar-refractivity contribution in [1.29, 1.82) is 0 Å². The molecule has 0 amide bonds. The second kappa shape index (κ2) is 6.15. The molecule has 2 aromatic heterocycles. The molecule has 106 valence electrons. The Morgan fingerprint density at radius 2 is 2.14 bits per heavy atom. The maximum atomic E-state index is 11.6. The zero-order valence-electron chi connectivity index (χ0n) is 11.0. The first-order chi connectivity index (χ1) is 10.3. The van der Waals surface area contributed by atoms with Crippen molar-refractivity contribution in [2.24, 2.45) is 0 Å². The molecule has 0 fully saturated rings. The van der Waals surface area contributed by atoms with E-state index in [2.05, 4.69) is 20.2 Å². The van der Waals surface area contributed by atoms with Gasteiger partial charge in [-0.25, -0.2) is 14.8 Å². The smallest absolute Gasteiger partial charge is 0.369 e. The van der Waals surface area contributed by atoms with Crippen LogP contribution in [0.2, 0.25) is 0 Å². The van der Waals surface area contributed by atoms with E-state index in [1.54, 1.807) is 6.92 Å². The lowest BCUT2D eigenvalue weighted by atomic mass is 10.2. The number of aromatic nitrogens is 4. The van der Waals surface area contributed by atoms with Crippen molar-refractivity contribution in [1.82, 2.24) is 20.2 Å². The fourth-order valence-electron chi connectivity index (χ4n) is 1.67. The molecular formula is C13H10N4O2S2. The average molecular weight is 318 g/mol. The van der Waals surface area contributed by atoms with Gasteiger partial charge < -0.3 is 4.74 Å². The van der Waals surface area contributed by atoms with E-state index in [0.717, 1.165) is 15.9 Å². The van der Waals surface area contributed by atoms with Crippen LogP contribution in [0.15, 0.2) is 40.0 Å². The maximum Gasteiger partial charge on any atom is 0.369 e. The summed E-state index contributed by atoms with van der Waals surface area (Å²) in [6, 6.07) is 7.73. The van der Waals surface area contributed by atoms with Gasteiger partial charge in [-0.05, 0) is 24.8 Å². The summed E-state index contributed by atoms with van der Waals surface area (Å²) >= 11 is 2.55. The van der Waals surface area contributed by atoms with Crippen LogP contribution in [0.3, 0.4) is 0 Å². The van der Waals surface area contributed by atoms with Gasteiger partial charge >= 0.3 is 5.97 Å². The van der Waals surface area contributed by atoms with Gasteiger partial charge in [0.05, 0.1) is 12.1 Å². The summed E-state index contributed by atoms with van der Waals surface area (Å²) < 4.78 is 5.54. The summed E-state index contributed by atoms with van der Waals surface area (Å²) in [4.78, 5) is 20.1. The van der Waals surface area contributed by atoms with Crippen molar-refractivity contribution in [2.75, 3.05) is 6.61 Å². The van der Waals surface area contributed by atoms with Crippen molar-refractivity contribution in [3.63, 3.8) is 0 Å². The van der Waals surface area contributed by atoms with Crippen LogP contribution >= 0.6 is 23.1 Å². The molecule has 21 heavy (non-hydrogen) atoms. The molecule has 0 aliphatic rings. The predicted molar refractivity (Wildman–Crippen MR) is 79.5 cm³/mol. The Kier molecular flexibility index (Phi) is 4.07. The Labute approximate surface area is 128 Å². The van der Waals surface area contributed by atoms with Crippen molar-refractivity contribution in [3.8, 4) is 0 Å². The van der Waals surface area contributed by atoms with Gasteiger partial charge in [-0.15, -0.1) is 10.2 Å². The molecule has 0 radical (unpaired) electrons. The van der Waals surface area contributed by atoms with E-state index in [1.807, 2.05) is 24.3 Å². The first kappa shape index (κ1) is 13.9. The van der Waals surface area contributed by atoms with Gasteiger partial charge in [-0.3, -0.25) is 0 Å². The number of ether oxygens (including phenoxy) is 1. The second-order valence-electron chi connectivity index (χ2n) is 3.89. The molecule has 3 aromatic rings. The standard InChI is InChI=1S/C13H10N4O2S2/c1-2-19-12(18)11-16-17-13(21-11)20-10-8-5-3-4-6-9(8)14-7-15-10/h3-7H,2H2,1H3. The van der Waals surface area contributed by atoms with E-state index in [4.69, 9.17) is 4.74 Å². The molecule has 0 N–H and O–H groups in total. The maximum absolute atomic E-state index is 11.6. The van der Waals surface area contributed by atoms with E-state index in [-0.39, 0.29) is 5.01 Å². The van der Waals surface area contributed by atoms with Crippen molar-refractivity contribution in [3.05, 3.63) is 35.6 Å². The molecule has 0 aliphatic carbocycles. The van der Waals surface area contributed by atoms with Gasteiger partial charge in [0.2, 0.25) is 5.01 Å². The second-order valence-corrected chi connectivity index (χ2v) is 6.11. The molecule has 0 saturated carbocycles. The fourth-order valence-corrected chi connectivity index (χ4v) is 3.41. The summed E-state index contributed by atoms with van der Waals surface area (Å²) in [6.07, 6.45) is 1.51. The Hall–Kier alpha value is -2.06. The highest BCUT2D eigenvalue weighted by molar-refractivity contribution is 8.01. The van der Waals surface area contributed by atoms with Crippen molar-refractivity contribution >= 4 is 40.0 Å². The number of carbonyl (C=O) groups is 1. The number of benzene rings is 1. The molecule has 0 unspecified atom stereocenters. The number of carbonyl (C=O) groups excluding carboxylic acids is 1. The lowest BCUT2D eigenvalue weighted by molar-refractivity contribution is 0.0525. The summed E-state index contributed by atoms with van der Waals surface area (Å²) in [7, 11) is 0. The third-order valence-corrected chi connectivity index (χ3v) is 4.52. The number of esters is 1. The largest absolute Gasteiger partial charge is 0.461 e. The number of nitrogens with zero attached hydrogens (tertiary/aromatic N) is 4. The van der Waals surface area contributed by atoms with E-state index in [1.165, 1.54) is 29.4 Å². The summed E-state index contributed by atoms with van der Waals surface area (Å²) in [5, 5.41) is 9.81. The van der Waals surface area contributed by atoms with Gasteiger partial charge in [0, 0.05) is 5.39 Å². The average Bonchev–Trinajstić information content (AvgIpc) is 2.97. The van der Waals surface area contributed by atoms with Crippen LogP contribution in [-0.2, 0) is 4.74 Å². The lowest BCUT2D eigenvalue weighted by Crippen LogP contribution is -2.03. The third-order valence-electron chi connectivity index (χ3n) is 2.55. The summed E-state index contributed by atoms with van der Waals surface area (Å²) in [5.41, 5.74) is 0.866. The highest BCUT2D eigenvalue weighted by Crippen LogP contribution is 2.32. The molecule has 2 heterocycles. The normalized spacial score (nSPS) is 10.7. The topological polar surface area (TPSA) is 77.9 Å². The molecule has 0 atom stereocenters. The van der Waals surface area contributed by atoms with Gasteiger partial charge in [-0.2, -0.15) is 0 Å². The Balaban J connectivity index is 1.87. The molecule has 1 aromatic carbocycles. The predicted octanol–water partition coefficient (Wildman–Crippen LogP) is 2.81. The Morgan fingerprint density at radius 3 is 3.00 bits per heavy atom. The summed E-state index contributed by atoms with van der Waals surface area (Å²) in [5.74, 6) is -0.450. The minimum Gasteiger partial charge on any atom is -0.461 e. The van der Waals surface area contributed by atoms with E-state index in [0.29, 0.717) is 10.9 Å². The van der Waals surface area contributed by atoms with Crippen LogP contribution in [0.5, 0.6) is 0 Å². The van der Waals surface area contributed by atoms with Gasteiger partial charge in [-0.1, -0.05) is 29.5 Å². The monoisotopic (exact) mass is 318 g/mol. The number of hydrogen-bond donors (Lipinski definition) is 0. The van der Waals surface area contributed by atoms with E-state index >= 15 is 0 Å². The summed E-state index contributed by atoms with van der Waals surface area (Å²) in [6.45, 7) is 2.07. The third kappa shape index (κ3) is 3.01. The number of para-hydroxylation sites is 1. The first-order valence-electron chi connectivity index (χ1n) is 6.16. The minimum atomic E-state index is -0.450. The Bertz CT molecular complexity index is 785. The van der Waals surface area contributed by atoms with Crippen LogP contribution in [0.25, 0.3) is 10.9 Å².